The van der Waals surface area contributed by atoms with Crippen LogP contribution in [0.2, 0.25) is 0 Å². The van der Waals surface area contributed by atoms with E-state index in [1.165, 1.54) is 30.3 Å². The summed E-state index contributed by atoms with van der Waals surface area (Å²) >= 11 is 0. The first kappa shape index (κ1) is 40.4. The van der Waals surface area contributed by atoms with E-state index in [0.29, 0.717) is 78.1 Å². The van der Waals surface area contributed by atoms with E-state index in [2.05, 4.69) is 15.6 Å². The van der Waals surface area contributed by atoms with E-state index in [4.69, 9.17) is 18.9 Å². The number of nitrogens with zero attached hydrogens (tertiary/aromatic N) is 1. The lowest BCUT2D eigenvalue weighted by molar-refractivity contribution is -0.373. The largest absolute Gasteiger partial charge is 0.508 e. The van der Waals surface area contributed by atoms with Crippen molar-refractivity contribution < 1.29 is 54.4 Å². The molecule has 7 atom stereocenters. The van der Waals surface area contributed by atoms with Crippen LogP contribution in [-0.2, 0) is 27.4 Å². The molecule has 2 aromatic carbocycles. The summed E-state index contributed by atoms with van der Waals surface area (Å²) in [6.07, 6.45) is 0.617. The summed E-state index contributed by atoms with van der Waals surface area (Å²) in [6.45, 7) is 1.11. The van der Waals surface area contributed by atoms with Gasteiger partial charge in [-0.15, -0.1) is 0 Å². The maximum atomic E-state index is 13.5. The Bertz CT molecular complexity index is 2220. The van der Waals surface area contributed by atoms with Gasteiger partial charge in [-0.2, -0.15) is 0 Å². The van der Waals surface area contributed by atoms with E-state index in [1.54, 1.807) is 13.0 Å². The second-order valence-electron chi connectivity index (χ2n) is 15.4. The minimum absolute atomic E-state index is 0.0235. The van der Waals surface area contributed by atoms with Crippen LogP contribution in [0.5, 0.6) is 11.5 Å². The van der Waals surface area contributed by atoms with Gasteiger partial charge in [-0.25, -0.2) is 9.78 Å². The quantitative estimate of drug-likeness (QED) is 0.0482. The van der Waals surface area contributed by atoms with Gasteiger partial charge in [0, 0.05) is 67.8 Å². The van der Waals surface area contributed by atoms with Crippen molar-refractivity contribution in [3.8, 4) is 17.2 Å². The lowest BCUT2D eigenvalue weighted by atomic mass is 9.79. The zero-order valence-corrected chi connectivity index (χ0v) is 31.8. The van der Waals surface area contributed by atoms with Gasteiger partial charge in [0.1, 0.15) is 59.4 Å². The zero-order chi connectivity index (χ0) is 40.5. The summed E-state index contributed by atoms with van der Waals surface area (Å²) in [5, 5.41) is 70.7. The first-order chi connectivity index (χ1) is 27.3. The van der Waals surface area contributed by atoms with Crippen molar-refractivity contribution >= 4 is 27.8 Å². The van der Waals surface area contributed by atoms with Crippen molar-refractivity contribution in [2.24, 2.45) is 5.92 Å². The van der Waals surface area contributed by atoms with Gasteiger partial charge in [0.15, 0.2) is 16.8 Å². The molecule has 1 saturated heterocycles. The average Bonchev–Trinajstić information content (AvgIpc) is 3.93. The van der Waals surface area contributed by atoms with Gasteiger partial charge >= 0.3 is 0 Å². The summed E-state index contributed by atoms with van der Waals surface area (Å²) < 4.78 is 15.4. The zero-order valence-electron chi connectivity index (χ0n) is 31.8. The Kier molecular flexibility index (Phi) is 11.8. The number of aliphatic hydroxyl groups excluding tert-OH is 4. The smallest absolute Gasteiger partial charge is 0.220 e. The molecule has 16 nitrogen and oxygen atoms in total. The van der Waals surface area contributed by atoms with Crippen LogP contribution in [0.25, 0.3) is 27.6 Å². The molecule has 1 fully saturated rings. The van der Waals surface area contributed by atoms with Gasteiger partial charge in [-0.05, 0) is 69.1 Å². The van der Waals surface area contributed by atoms with Gasteiger partial charge in [0.05, 0.1) is 17.5 Å². The normalized spacial score (nSPS) is 22.2. The number of aliphatic hydroxyl groups is 5. The Hall–Kier alpha value is -4.78. The van der Waals surface area contributed by atoms with Gasteiger partial charge in [-0.3, -0.25) is 9.59 Å². The SMILES string of the molecule is CNCC[C@]1(CC[C@@H]2CNC(=O)C2)Oc2c(cc3c(=O)cc(C)oc3c2-n2cc3cc[nH]c3c2)C[C@H]1OOC[C@@](O)(Cc1ccc(O)cc1)[C@@H](O)[C@H](O)[C@H](O)CO. The number of aryl methyl sites for hydroxylation is 1. The summed E-state index contributed by atoms with van der Waals surface area (Å²) in [4.78, 5) is 41.1. The van der Waals surface area contributed by atoms with Crippen LogP contribution in [0, 0.1) is 12.8 Å². The number of aromatic nitrogens is 2. The number of phenols is 1. The van der Waals surface area contributed by atoms with E-state index >= 15 is 0 Å². The number of fused-ring (bicyclic) bond motifs is 3. The number of benzene rings is 2. The van der Waals surface area contributed by atoms with Crippen molar-refractivity contribution in [1.82, 2.24) is 20.2 Å². The number of hydrogen-bond donors (Lipinski definition) is 9. The highest BCUT2D eigenvalue weighted by Gasteiger charge is 2.49. The second kappa shape index (κ2) is 16.6. The summed E-state index contributed by atoms with van der Waals surface area (Å²) in [6, 6.07) is 10.9. The lowest BCUT2D eigenvalue weighted by Gasteiger charge is -2.45. The second-order valence-corrected chi connectivity index (χ2v) is 15.4. The fourth-order valence-electron chi connectivity index (χ4n) is 8.04. The molecule has 0 saturated carbocycles. The molecule has 0 aliphatic carbocycles. The van der Waals surface area contributed by atoms with Crippen molar-refractivity contribution in [2.45, 2.75) is 81.1 Å². The van der Waals surface area contributed by atoms with Crippen molar-refractivity contribution in [3.63, 3.8) is 0 Å². The molecule has 57 heavy (non-hydrogen) atoms. The maximum Gasteiger partial charge on any atom is 0.220 e. The Morgan fingerprint density at radius 1 is 1.09 bits per heavy atom. The van der Waals surface area contributed by atoms with Gasteiger partial charge < -0.3 is 60.0 Å². The summed E-state index contributed by atoms with van der Waals surface area (Å²) in [5.74, 6) is 0.881. The molecule has 2 aliphatic heterocycles. The summed E-state index contributed by atoms with van der Waals surface area (Å²) in [7, 11) is 1.81. The molecule has 5 heterocycles. The molecule has 9 N–H and O–H groups in total. The first-order valence-corrected chi connectivity index (χ1v) is 19.1. The van der Waals surface area contributed by atoms with Gasteiger partial charge in [-0.1, -0.05) is 12.1 Å². The number of amides is 1. The average molecular weight is 791 g/mol. The topological polar surface area (TPSA) is 241 Å². The highest BCUT2D eigenvalue weighted by molar-refractivity contribution is 5.91. The Morgan fingerprint density at radius 2 is 1.88 bits per heavy atom. The number of aromatic hydroxyl groups is 1. The van der Waals surface area contributed by atoms with Crippen molar-refractivity contribution in [3.05, 3.63) is 88.2 Å². The molecule has 306 valence electrons. The predicted molar refractivity (Wildman–Crippen MR) is 207 cm³/mol. The van der Waals surface area contributed by atoms with Crippen molar-refractivity contribution in [2.75, 3.05) is 33.4 Å². The highest BCUT2D eigenvalue weighted by Crippen LogP contribution is 2.46. The molecule has 1 amide bonds. The van der Waals surface area contributed by atoms with Crippen LogP contribution in [0.4, 0.5) is 0 Å². The molecular weight excluding hydrogens is 740 g/mol. The number of ether oxygens (including phenoxy) is 1. The van der Waals surface area contributed by atoms with E-state index in [-0.39, 0.29) is 35.8 Å². The number of rotatable bonds is 17. The fraction of sp³-hybridized carbons (Fsp3) is 0.463. The summed E-state index contributed by atoms with van der Waals surface area (Å²) in [5.41, 5.74) is -0.830. The number of phenolic OH excluding ortho intramolecular Hbond substituents is 1. The minimum Gasteiger partial charge on any atom is -0.508 e. The molecule has 5 aromatic rings. The van der Waals surface area contributed by atoms with Crippen LogP contribution in [0.3, 0.4) is 0 Å². The van der Waals surface area contributed by atoms with Crippen LogP contribution < -0.4 is 20.8 Å². The predicted octanol–water partition coefficient (Wildman–Crippen LogP) is 1.64. The maximum absolute atomic E-state index is 13.5. The first-order valence-electron chi connectivity index (χ1n) is 19.1. The highest BCUT2D eigenvalue weighted by atomic mass is 17.2. The molecule has 0 spiro atoms. The number of hydrogen-bond acceptors (Lipinski definition) is 13. The Morgan fingerprint density at radius 3 is 2.58 bits per heavy atom. The Labute approximate surface area is 327 Å². The fourth-order valence-corrected chi connectivity index (χ4v) is 8.04. The number of carbonyl (C=O) groups excluding carboxylic acids is 1. The van der Waals surface area contributed by atoms with Gasteiger partial charge in [0.2, 0.25) is 5.91 Å². The third kappa shape index (κ3) is 8.31. The Balaban J connectivity index is 1.29. The van der Waals surface area contributed by atoms with E-state index in [9.17, 15) is 40.2 Å². The lowest BCUT2D eigenvalue weighted by Crippen LogP contribution is -2.58. The number of carbonyl (C=O) groups is 1. The van der Waals surface area contributed by atoms with E-state index in [0.717, 1.165) is 10.9 Å². The third-order valence-corrected chi connectivity index (χ3v) is 11.3. The number of aromatic amines is 1. The van der Waals surface area contributed by atoms with Crippen LogP contribution >= 0.6 is 0 Å². The van der Waals surface area contributed by atoms with Crippen LogP contribution in [0.1, 0.15) is 42.6 Å². The van der Waals surface area contributed by atoms with E-state index in [1.807, 2.05) is 36.3 Å². The molecule has 0 radical (unpaired) electrons. The number of nitrogens with one attached hydrogen (secondary N) is 3. The molecule has 3 aromatic heterocycles. The number of H-pyrrole nitrogens is 1. The molecule has 7 rings (SSSR count). The standard InChI is InChI=1S/C41H50N4O12/c1-23-13-31(48)29-15-27-16-33(57-54-22-40(53,39(52)36(51)32(49)21-46)17-24-3-5-28(47)6-4-24)41(10-12-42-2,9-7-25-14-34(50)44-18-25)56-37(27)35(38(29)55-23)45-19-26-8-11-43-30(26)20-45/h3-6,8,11,13,15,19-20,25,32-33,36,39,42-43,46-47,49,51-53H,7,9-10,12,14,16-18,21-22H2,1-2H3,(H,44,50)/t25-,32+,33+,36+,39-,40-,41-/m0/s1. The van der Waals surface area contributed by atoms with Crippen LogP contribution in [-0.4, -0.2) is 115 Å². The monoisotopic (exact) mass is 790 g/mol. The molecule has 0 bridgehead atoms. The van der Waals surface area contributed by atoms with Crippen molar-refractivity contribution in [1.29, 1.82) is 0 Å². The molecule has 0 unspecified atom stereocenters. The van der Waals surface area contributed by atoms with Crippen LogP contribution in [0.15, 0.2) is 70.3 Å². The molecule has 2 aliphatic rings. The minimum atomic E-state index is -2.28. The van der Waals surface area contributed by atoms with E-state index < -0.39 is 48.8 Å². The third-order valence-electron chi connectivity index (χ3n) is 11.3. The molecule has 16 heteroatoms. The van der Waals surface area contributed by atoms with Gasteiger partial charge in [0.25, 0.3) is 0 Å². The molecular formula is C41H50N4O12.